The number of fused-ring (bicyclic) bond motifs is 1. The number of hydrazone groups is 1. The molecular weight excluding hydrogens is 410 g/mol. The largest absolute Gasteiger partial charge is 0.497 e. The van der Waals surface area contributed by atoms with Crippen LogP contribution in [0.2, 0.25) is 0 Å². The number of benzene rings is 3. The zero-order chi connectivity index (χ0) is 22.5. The lowest BCUT2D eigenvalue weighted by Gasteiger charge is -2.28. The van der Waals surface area contributed by atoms with Gasteiger partial charge < -0.3 is 15.4 Å². The second kappa shape index (κ2) is 9.17. The number of non-ortho nitro benzene ring substituents is 1. The van der Waals surface area contributed by atoms with Gasteiger partial charge in [-0.3, -0.25) is 10.1 Å². The molecule has 0 fully saturated rings. The Morgan fingerprint density at radius 1 is 1.09 bits per heavy atom. The molecule has 4 rings (SSSR count). The molecule has 0 saturated heterocycles. The highest BCUT2D eigenvalue weighted by molar-refractivity contribution is 6.07. The highest BCUT2D eigenvalue weighted by Crippen LogP contribution is 2.33. The second-order valence-corrected chi connectivity index (χ2v) is 7.15. The summed E-state index contributed by atoms with van der Waals surface area (Å²) in [5, 5.41) is 21.2. The van der Waals surface area contributed by atoms with E-state index in [1.165, 1.54) is 24.3 Å². The maximum atomic E-state index is 12.3. The molecule has 3 aromatic carbocycles. The second-order valence-electron chi connectivity index (χ2n) is 7.15. The lowest BCUT2D eigenvalue weighted by molar-refractivity contribution is -0.384. The van der Waals surface area contributed by atoms with Crippen LogP contribution in [-0.4, -0.2) is 23.8 Å². The number of hydrogen-bond acceptors (Lipinski definition) is 6. The number of amides is 2. The summed E-state index contributed by atoms with van der Waals surface area (Å²) in [5.41, 5.74) is 6.55. The Labute approximate surface area is 184 Å². The molecule has 3 aromatic rings. The summed E-state index contributed by atoms with van der Waals surface area (Å²) in [6.07, 6.45) is 0.571. The van der Waals surface area contributed by atoms with Crippen LogP contribution in [0.4, 0.5) is 21.9 Å². The molecule has 0 bridgehead atoms. The zero-order valence-corrected chi connectivity index (χ0v) is 17.2. The molecule has 1 heterocycles. The van der Waals surface area contributed by atoms with Gasteiger partial charge in [0.1, 0.15) is 5.75 Å². The van der Waals surface area contributed by atoms with E-state index < -0.39 is 11.0 Å². The maximum absolute atomic E-state index is 12.3. The minimum Gasteiger partial charge on any atom is -0.497 e. The third-order valence-electron chi connectivity index (χ3n) is 5.11. The molecule has 9 heteroatoms. The molecule has 1 atom stereocenters. The number of nitro groups is 1. The van der Waals surface area contributed by atoms with Crippen molar-refractivity contribution in [1.82, 2.24) is 5.43 Å². The van der Waals surface area contributed by atoms with Gasteiger partial charge in [0, 0.05) is 35.5 Å². The summed E-state index contributed by atoms with van der Waals surface area (Å²) in [6.45, 7) is 0. The first kappa shape index (κ1) is 20.9. The molecule has 0 radical (unpaired) electrons. The van der Waals surface area contributed by atoms with Crippen LogP contribution in [0.25, 0.3) is 0 Å². The van der Waals surface area contributed by atoms with Gasteiger partial charge >= 0.3 is 6.03 Å². The van der Waals surface area contributed by atoms with Gasteiger partial charge in [-0.05, 0) is 35.9 Å². The fourth-order valence-electron chi connectivity index (χ4n) is 3.49. The van der Waals surface area contributed by atoms with Gasteiger partial charge in [-0.1, -0.05) is 30.3 Å². The topological polar surface area (TPSA) is 118 Å². The number of rotatable bonds is 5. The smallest absolute Gasteiger partial charge is 0.339 e. The number of carbonyl (C=O) groups is 1. The number of anilines is 2. The first-order chi connectivity index (χ1) is 15.5. The third-order valence-corrected chi connectivity index (χ3v) is 5.11. The number of carbonyl (C=O) groups excluding carboxylic acids is 1. The van der Waals surface area contributed by atoms with Crippen LogP contribution in [0.1, 0.15) is 23.6 Å². The minimum absolute atomic E-state index is 0.0194. The maximum Gasteiger partial charge on any atom is 0.339 e. The lowest BCUT2D eigenvalue weighted by atomic mass is 9.92. The van der Waals surface area contributed by atoms with Crippen molar-refractivity contribution in [2.24, 2.45) is 5.10 Å². The van der Waals surface area contributed by atoms with Gasteiger partial charge in [-0.15, -0.1) is 0 Å². The standard InChI is InChI=1S/C23H21N5O4/c1-32-18-12-6-15(7-13-18)21-14-22(19-4-2-3-5-20(19)25-21)26-27-23(29)24-16-8-10-17(11-9-16)28(30)31/h2-13,21,25H,14H2,1H3,(H2,24,27,29). The average Bonchev–Trinajstić information content (AvgIpc) is 2.82. The van der Waals surface area contributed by atoms with Crippen molar-refractivity contribution in [1.29, 1.82) is 0 Å². The minimum atomic E-state index is -0.539. The Bertz CT molecular complexity index is 1160. The van der Waals surface area contributed by atoms with Crippen LogP contribution in [0.15, 0.2) is 77.9 Å². The molecule has 1 aliphatic rings. The Hall–Kier alpha value is -4.40. The van der Waals surface area contributed by atoms with Crippen LogP contribution in [0, 0.1) is 10.1 Å². The fourth-order valence-corrected chi connectivity index (χ4v) is 3.49. The van der Waals surface area contributed by atoms with Crippen molar-refractivity contribution >= 4 is 28.8 Å². The quantitative estimate of drug-likeness (QED) is 0.400. The summed E-state index contributed by atoms with van der Waals surface area (Å²) < 4.78 is 5.23. The van der Waals surface area contributed by atoms with Gasteiger partial charge in [-0.2, -0.15) is 5.10 Å². The summed E-state index contributed by atoms with van der Waals surface area (Å²) >= 11 is 0. The number of nitrogens with zero attached hydrogens (tertiary/aromatic N) is 2. The van der Waals surface area contributed by atoms with Crippen LogP contribution < -0.4 is 20.8 Å². The van der Waals surface area contributed by atoms with E-state index in [9.17, 15) is 14.9 Å². The fraction of sp³-hybridized carbons (Fsp3) is 0.130. The first-order valence-corrected chi connectivity index (χ1v) is 9.91. The van der Waals surface area contributed by atoms with E-state index in [1.54, 1.807) is 7.11 Å². The molecule has 0 aliphatic carbocycles. The number of nitro benzene ring substituents is 1. The Morgan fingerprint density at radius 3 is 2.50 bits per heavy atom. The number of methoxy groups -OCH3 is 1. The molecular formula is C23H21N5O4. The van der Waals surface area contributed by atoms with Crippen molar-refractivity contribution < 1.29 is 14.5 Å². The van der Waals surface area contributed by atoms with Crippen LogP contribution in [0.3, 0.4) is 0 Å². The van der Waals surface area contributed by atoms with Gasteiger partial charge in [-0.25, -0.2) is 10.2 Å². The lowest BCUT2D eigenvalue weighted by Crippen LogP contribution is -2.29. The van der Waals surface area contributed by atoms with Gasteiger partial charge in [0.05, 0.1) is 23.8 Å². The van der Waals surface area contributed by atoms with E-state index in [-0.39, 0.29) is 11.7 Å². The van der Waals surface area contributed by atoms with E-state index in [4.69, 9.17) is 4.74 Å². The zero-order valence-electron chi connectivity index (χ0n) is 17.2. The number of urea groups is 1. The van der Waals surface area contributed by atoms with E-state index in [2.05, 4.69) is 21.2 Å². The normalized spacial score (nSPS) is 15.9. The highest BCUT2D eigenvalue weighted by atomic mass is 16.6. The van der Waals surface area contributed by atoms with Crippen LogP contribution in [-0.2, 0) is 0 Å². The number of hydrogen-bond donors (Lipinski definition) is 3. The van der Waals surface area contributed by atoms with E-state index in [1.807, 2.05) is 48.5 Å². The number of ether oxygens (including phenoxy) is 1. The summed E-state index contributed by atoms with van der Waals surface area (Å²) in [4.78, 5) is 22.6. The molecule has 0 aromatic heterocycles. The van der Waals surface area contributed by atoms with Gasteiger partial charge in [0.2, 0.25) is 0 Å². The molecule has 2 amide bonds. The van der Waals surface area contributed by atoms with E-state index in [0.29, 0.717) is 12.1 Å². The molecule has 1 unspecified atom stereocenters. The average molecular weight is 431 g/mol. The molecule has 162 valence electrons. The van der Waals surface area contributed by atoms with Crippen LogP contribution >= 0.6 is 0 Å². The Kier molecular flexibility index (Phi) is 5.98. The van der Waals surface area contributed by atoms with E-state index >= 15 is 0 Å². The van der Waals surface area contributed by atoms with Gasteiger partial charge in [0.15, 0.2) is 0 Å². The molecule has 0 spiro atoms. The van der Waals surface area contributed by atoms with Crippen LogP contribution in [0.5, 0.6) is 5.75 Å². The first-order valence-electron chi connectivity index (χ1n) is 9.91. The third kappa shape index (κ3) is 4.67. The molecule has 9 nitrogen and oxygen atoms in total. The van der Waals surface area contributed by atoms with E-state index in [0.717, 1.165) is 28.3 Å². The summed E-state index contributed by atoms with van der Waals surface area (Å²) in [7, 11) is 1.63. The summed E-state index contributed by atoms with van der Waals surface area (Å²) in [5.74, 6) is 0.781. The van der Waals surface area contributed by atoms with Crippen molar-refractivity contribution in [3.05, 3.63) is 94.0 Å². The predicted molar refractivity (Wildman–Crippen MR) is 122 cm³/mol. The molecule has 3 N–H and O–H groups in total. The number of nitrogens with one attached hydrogen (secondary N) is 3. The summed E-state index contributed by atoms with van der Waals surface area (Å²) in [6, 6.07) is 20.6. The van der Waals surface area contributed by atoms with Crippen molar-refractivity contribution in [2.75, 3.05) is 17.7 Å². The SMILES string of the molecule is COc1ccc(C2CC(=NNC(=O)Nc3ccc([N+](=O)[O-])cc3)c3ccccc3N2)cc1. The highest BCUT2D eigenvalue weighted by Gasteiger charge is 2.24. The number of para-hydroxylation sites is 1. The Morgan fingerprint density at radius 2 is 1.81 bits per heavy atom. The molecule has 32 heavy (non-hydrogen) atoms. The van der Waals surface area contributed by atoms with Crippen molar-refractivity contribution in [2.45, 2.75) is 12.5 Å². The van der Waals surface area contributed by atoms with Crippen molar-refractivity contribution in [3.8, 4) is 5.75 Å². The Balaban J connectivity index is 1.50. The van der Waals surface area contributed by atoms with Crippen molar-refractivity contribution in [3.63, 3.8) is 0 Å². The molecule has 1 aliphatic heterocycles. The monoisotopic (exact) mass is 431 g/mol. The molecule has 0 saturated carbocycles. The predicted octanol–water partition coefficient (Wildman–Crippen LogP) is 4.69. The van der Waals surface area contributed by atoms with Gasteiger partial charge in [0.25, 0.3) is 5.69 Å².